The molecule has 1 aliphatic heterocycles. The van der Waals surface area contributed by atoms with Crippen LogP contribution in [0.1, 0.15) is 30.4 Å². The van der Waals surface area contributed by atoms with Gasteiger partial charge in [-0.2, -0.15) is 0 Å². The topological polar surface area (TPSA) is 51.2 Å². The van der Waals surface area contributed by atoms with Gasteiger partial charge in [0, 0.05) is 31.5 Å². The summed E-state index contributed by atoms with van der Waals surface area (Å²) in [6.45, 7) is 2.65. The Hall–Kier alpha value is -2.24. The van der Waals surface area contributed by atoms with Crippen LogP contribution in [0.15, 0.2) is 42.5 Å². The van der Waals surface area contributed by atoms with Crippen LogP contribution in [0.25, 0.3) is 0 Å². The van der Waals surface area contributed by atoms with Crippen molar-refractivity contribution in [3.05, 3.63) is 53.6 Å². The van der Waals surface area contributed by atoms with Crippen LogP contribution in [0.3, 0.4) is 0 Å². The highest BCUT2D eigenvalue weighted by atomic mass is 16.5. The van der Waals surface area contributed by atoms with Crippen molar-refractivity contribution >= 4 is 0 Å². The van der Waals surface area contributed by atoms with Crippen molar-refractivity contribution in [2.45, 2.75) is 31.4 Å². The van der Waals surface area contributed by atoms with Gasteiger partial charge in [-0.1, -0.05) is 24.6 Å². The second-order valence-corrected chi connectivity index (χ2v) is 8.26. The lowest BCUT2D eigenvalue weighted by atomic mass is 9.62. The molecule has 2 aromatic carbocycles. The summed E-state index contributed by atoms with van der Waals surface area (Å²) in [4.78, 5) is 2.48. The van der Waals surface area contributed by atoms with Gasteiger partial charge in [-0.3, -0.25) is 4.90 Å². The minimum Gasteiger partial charge on any atom is -0.497 e. The zero-order valence-electron chi connectivity index (χ0n) is 17.6. The molecule has 156 valence electrons. The first-order valence-corrected chi connectivity index (χ1v) is 10.4. The number of methoxy groups -OCH3 is 3. The summed E-state index contributed by atoms with van der Waals surface area (Å²) in [5.74, 6) is 2.82. The molecule has 1 saturated carbocycles. The first-order valence-electron chi connectivity index (χ1n) is 10.4. The Balaban J connectivity index is 1.53. The van der Waals surface area contributed by atoms with Crippen molar-refractivity contribution in [3.63, 3.8) is 0 Å². The summed E-state index contributed by atoms with van der Waals surface area (Å²) in [5.41, 5.74) is 1.48. The molecule has 1 N–H and O–H groups in total. The summed E-state index contributed by atoms with van der Waals surface area (Å²) in [5, 5.41) is 11.8. The summed E-state index contributed by atoms with van der Waals surface area (Å²) >= 11 is 0. The van der Waals surface area contributed by atoms with Crippen molar-refractivity contribution in [3.8, 4) is 17.2 Å². The number of benzene rings is 2. The number of hydrogen-bond acceptors (Lipinski definition) is 5. The predicted molar refractivity (Wildman–Crippen MR) is 113 cm³/mol. The van der Waals surface area contributed by atoms with Gasteiger partial charge < -0.3 is 19.3 Å². The van der Waals surface area contributed by atoms with Crippen molar-refractivity contribution in [1.29, 1.82) is 0 Å². The fourth-order valence-electron chi connectivity index (χ4n) is 5.24. The normalized spacial score (nSPS) is 26.8. The van der Waals surface area contributed by atoms with Crippen LogP contribution >= 0.6 is 0 Å². The molecule has 5 nitrogen and oxygen atoms in total. The third-order valence-electron chi connectivity index (χ3n) is 6.71. The molecule has 1 saturated heterocycles. The number of likely N-dealkylation sites (tertiary alicyclic amines) is 1. The van der Waals surface area contributed by atoms with Crippen LogP contribution in [0.4, 0.5) is 0 Å². The molecule has 3 atom stereocenters. The molecule has 2 fully saturated rings. The Morgan fingerprint density at radius 2 is 1.55 bits per heavy atom. The number of piperidine rings is 1. The lowest BCUT2D eigenvalue weighted by Crippen LogP contribution is -2.57. The van der Waals surface area contributed by atoms with E-state index in [0.717, 1.165) is 55.3 Å². The quantitative estimate of drug-likeness (QED) is 0.803. The number of aliphatic hydroxyl groups is 1. The molecule has 0 radical (unpaired) electrons. The van der Waals surface area contributed by atoms with E-state index in [2.05, 4.69) is 17.0 Å². The first kappa shape index (κ1) is 20.0. The van der Waals surface area contributed by atoms with Crippen molar-refractivity contribution < 1.29 is 19.3 Å². The van der Waals surface area contributed by atoms with E-state index in [-0.39, 0.29) is 11.8 Å². The molecule has 1 unspecified atom stereocenters. The average Bonchev–Trinajstić information content (AvgIpc) is 2.74. The van der Waals surface area contributed by atoms with Crippen LogP contribution in [-0.4, -0.2) is 44.4 Å². The highest BCUT2D eigenvalue weighted by Crippen LogP contribution is 2.49. The molecule has 2 bridgehead atoms. The number of ether oxygens (including phenoxy) is 3. The zero-order valence-corrected chi connectivity index (χ0v) is 17.6. The summed E-state index contributed by atoms with van der Waals surface area (Å²) < 4.78 is 16.1. The molecule has 2 aromatic rings. The second kappa shape index (κ2) is 8.25. The Labute approximate surface area is 173 Å². The monoisotopic (exact) mass is 397 g/mol. The molecule has 0 spiro atoms. The van der Waals surface area contributed by atoms with Gasteiger partial charge >= 0.3 is 0 Å². The summed E-state index contributed by atoms with van der Waals surface area (Å²) in [6.07, 6.45) is 3.31. The number of rotatable bonds is 6. The smallest absolute Gasteiger partial charge is 0.161 e. The number of fused-ring (bicyclic) bond motifs is 2. The van der Waals surface area contributed by atoms with Gasteiger partial charge in [0.1, 0.15) is 5.75 Å². The molecule has 4 rings (SSSR count). The van der Waals surface area contributed by atoms with Gasteiger partial charge in [0.2, 0.25) is 0 Å². The van der Waals surface area contributed by atoms with Gasteiger partial charge in [0.15, 0.2) is 11.5 Å². The van der Waals surface area contributed by atoms with Crippen LogP contribution in [0.5, 0.6) is 17.2 Å². The molecule has 2 aliphatic rings. The maximum absolute atomic E-state index is 11.8. The minimum absolute atomic E-state index is 0.239. The van der Waals surface area contributed by atoms with E-state index < -0.39 is 5.60 Å². The Kier molecular flexibility index (Phi) is 5.70. The van der Waals surface area contributed by atoms with Crippen LogP contribution in [-0.2, 0) is 12.1 Å². The minimum atomic E-state index is -0.751. The highest BCUT2D eigenvalue weighted by molar-refractivity contribution is 5.43. The predicted octanol–water partition coefficient (Wildman–Crippen LogP) is 3.83. The SMILES string of the molecule is COc1ccc(C2(O)[C@@H]3CCC[C@H]2CN(Cc2ccc(OC)c(OC)c2)C3)cc1. The summed E-state index contributed by atoms with van der Waals surface area (Å²) in [6, 6.07) is 14.1. The van der Waals surface area contributed by atoms with E-state index in [9.17, 15) is 5.11 Å². The molecular weight excluding hydrogens is 366 g/mol. The lowest BCUT2D eigenvalue weighted by molar-refractivity contribution is -0.148. The van der Waals surface area contributed by atoms with Crippen LogP contribution < -0.4 is 14.2 Å². The van der Waals surface area contributed by atoms with E-state index in [1.165, 1.54) is 12.0 Å². The van der Waals surface area contributed by atoms with Crippen molar-refractivity contribution in [1.82, 2.24) is 4.90 Å². The van der Waals surface area contributed by atoms with Crippen LogP contribution in [0.2, 0.25) is 0 Å². The van der Waals surface area contributed by atoms with Crippen molar-refractivity contribution in [2.24, 2.45) is 11.8 Å². The lowest BCUT2D eigenvalue weighted by Gasteiger charge is -2.53. The van der Waals surface area contributed by atoms with E-state index in [1.54, 1.807) is 21.3 Å². The molecule has 1 aliphatic carbocycles. The van der Waals surface area contributed by atoms with E-state index in [4.69, 9.17) is 14.2 Å². The second-order valence-electron chi connectivity index (χ2n) is 8.26. The maximum atomic E-state index is 11.8. The zero-order chi connectivity index (χ0) is 20.4. The van der Waals surface area contributed by atoms with E-state index in [0.29, 0.717) is 0 Å². The van der Waals surface area contributed by atoms with E-state index in [1.807, 2.05) is 30.3 Å². The van der Waals surface area contributed by atoms with Gasteiger partial charge in [-0.15, -0.1) is 0 Å². The number of nitrogens with zero attached hydrogens (tertiary/aromatic N) is 1. The molecule has 1 heterocycles. The molecule has 29 heavy (non-hydrogen) atoms. The van der Waals surface area contributed by atoms with Crippen LogP contribution in [0, 0.1) is 11.8 Å². The molecular formula is C24H31NO4. The fraction of sp³-hybridized carbons (Fsp3) is 0.500. The Morgan fingerprint density at radius 3 is 2.14 bits per heavy atom. The van der Waals surface area contributed by atoms with Crippen molar-refractivity contribution in [2.75, 3.05) is 34.4 Å². The summed E-state index contributed by atoms with van der Waals surface area (Å²) in [7, 11) is 5.00. The van der Waals surface area contributed by atoms with Gasteiger partial charge in [-0.25, -0.2) is 0 Å². The largest absolute Gasteiger partial charge is 0.497 e. The average molecular weight is 398 g/mol. The van der Waals surface area contributed by atoms with Gasteiger partial charge in [0.25, 0.3) is 0 Å². The fourth-order valence-corrected chi connectivity index (χ4v) is 5.24. The molecule has 0 amide bonds. The molecule has 5 heteroatoms. The molecule has 0 aromatic heterocycles. The van der Waals surface area contributed by atoms with E-state index >= 15 is 0 Å². The standard InChI is InChI=1S/C24H31NO4/c1-27-21-10-8-18(9-11-21)24(26)19-5-4-6-20(24)16-25(15-19)14-17-7-12-22(28-2)23(13-17)29-3/h7-13,19-20,26H,4-6,14-16H2,1-3H3/t19-,20+,24?. The third-order valence-corrected chi connectivity index (χ3v) is 6.71. The van der Waals surface area contributed by atoms with Gasteiger partial charge in [0.05, 0.1) is 26.9 Å². The Bertz CT molecular complexity index is 821. The highest BCUT2D eigenvalue weighted by Gasteiger charge is 2.51. The van der Waals surface area contributed by atoms with Gasteiger partial charge in [-0.05, 0) is 48.2 Å². The maximum Gasteiger partial charge on any atom is 0.161 e. The Morgan fingerprint density at radius 1 is 0.897 bits per heavy atom. The third kappa shape index (κ3) is 3.69. The first-order chi connectivity index (χ1) is 14.1. The number of hydrogen-bond donors (Lipinski definition) is 1.